The van der Waals surface area contributed by atoms with Crippen molar-refractivity contribution < 1.29 is 9.18 Å². The Hall–Kier alpha value is -0.930. The molecule has 1 aromatic carbocycles. The molecule has 122 valence electrons. The van der Waals surface area contributed by atoms with E-state index in [0.717, 1.165) is 12.5 Å². The first kappa shape index (κ1) is 17.4. The summed E-state index contributed by atoms with van der Waals surface area (Å²) in [7, 11) is 0. The number of nitrogens with one attached hydrogen (secondary N) is 1. The maximum atomic E-state index is 13.7. The van der Waals surface area contributed by atoms with Gasteiger partial charge in [-0.05, 0) is 43.0 Å². The first-order valence-corrected chi connectivity index (χ1v) is 8.56. The normalized spacial score (nSPS) is 17.1. The second-order valence-electron chi connectivity index (χ2n) is 6.59. The van der Waals surface area contributed by atoms with E-state index in [2.05, 4.69) is 5.32 Å². The second-order valence-corrected chi connectivity index (χ2v) is 7.00. The van der Waals surface area contributed by atoms with Crippen molar-refractivity contribution in [3.05, 3.63) is 34.6 Å². The summed E-state index contributed by atoms with van der Waals surface area (Å²) in [6, 6.07) is 4.68. The molecule has 0 bridgehead atoms. The standard InChI is InChI=1S/C18H25ClFNO/c1-12(2)18(22)15(11-21-10-13-5-3-4-6-13)14-7-8-16(19)17(20)9-14/h7-9,12-13,15,21H,3-6,10-11H2,1-2H3/t15-/m1/s1. The molecule has 1 aromatic rings. The van der Waals surface area contributed by atoms with Crippen molar-refractivity contribution in [1.29, 1.82) is 0 Å². The van der Waals surface area contributed by atoms with Gasteiger partial charge in [-0.15, -0.1) is 0 Å². The minimum Gasteiger partial charge on any atom is -0.315 e. The van der Waals surface area contributed by atoms with Crippen LogP contribution in [0.2, 0.25) is 5.02 Å². The number of hydrogen-bond donors (Lipinski definition) is 1. The van der Waals surface area contributed by atoms with Gasteiger partial charge in [0.2, 0.25) is 0 Å². The van der Waals surface area contributed by atoms with Crippen LogP contribution in [0.25, 0.3) is 0 Å². The van der Waals surface area contributed by atoms with Crippen LogP contribution >= 0.6 is 11.6 Å². The summed E-state index contributed by atoms with van der Waals surface area (Å²) in [4.78, 5) is 12.5. The van der Waals surface area contributed by atoms with E-state index in [1.807, 2.05) is 13.8 Å². The molecular weight excluding hydrogens is 301 g/mol. The number of benzene rings is 1. The lowest BCUT2D eigenvalue weighted by atomic mass is 9.88. The Morgan fingerprint density at radius 1 is 1.36 bits per heavy atom. The molecule has 4 heteroatoms. The molecule has 1 aliphatic carbocycles. The Labute approximate surface area is 137 Å². The van der Waals surface area contributed by atoms with Gasteiger partial charge in [-0.2, -0.15) is 0 Å². The van der Waals surface area contributed by atoms with Gasteiger partial charge in [0.1, 0.15) is 11.6 Å². The fourth-order valence-corrected chi connectivity index (χ4v) is 3.28. The van der Waals surface area contributed by atoms with E-state index in [4.69, 9.17) is 11.6 Å². The van der Waals surface area contributed by atoms with E-state index in [1.54, 1.807) is 6.07 Å². The summed E-state index contributed by atoms with van der Waals surface area (Å²) >= 11 is 5.74. The summed E-state index contributed by atoms with van der Waals surface area (Å²) in [5, 5.41) is 3.52. The molecule has 2 rings (SSSR count). The van der Waals surface area contributed by atoms with Crippen LogP contribution in [0.3, 0.4) is 0 Å². The summed E-state index contributed by atoms with van der Waals surface area (Å²) in [5.41, 5.74) is 0.708. The molecule has 22 heavy (non-hydrogen) atoms. The van der Waals surface area contributed by atoms with E-state index >= 15 is 0 Å². The van der Waals surface area contributed by atoms with Gasteiger partial charge in [0.15, 0.2) is 0 Å². The number of carbonyl (C=O) groups is 1. The van der Waals surface area contributed by atoms with Crippen molar-refractivity contribution in [3.63, 3.8) is 0 Å². The Kier molecular flexibility index (Phi) is 6.39. The molecule has 1 fully saturated rings. The number of carbonyl (C=O) groups excluding carboxylic acids is 1. The van der Waals surface area contributed by atoms with E-state index in [1.165, 1.54) is 37.8 Å². The van der Waals surface area contributed by atoms with E-state index < -0.39 is 5.82 Å². The lowest BCUT2D eigenvalue weighted by molar-refractivity contribution is -0.123. The summed E-state index contributed by atoms with van der Waals surface area (Å²) in [5.74, 6) is 0.0131. The van der Waals surface area contributed by atoms with Crippen molar-refractivity contribution in [2.75, 3.05) is 13.1 Å². The van der Waals surface area contributed by atoms with Crippen molar-refractivity contribution in [2.24, 2.45) is 11.8 Å². The highest BCUT2D eigenvalue weighted by Crippen LogP contribution is 2.26. The van der Waals surface area contributed by atoms with Crippen LogP contribution in [0.5, 0.6) is 0 Å². The van der Waals surface area contributed by atoms with Gasteiger partial charge in [-0.1, -0.05) is 44.4 Å². The average molecular weight is 326 g/mol. The minimum absolute atomic E-state index is 0.0722. The van der Waals surface area contributed by atoms with Crippen molar-refractivity contribution in [2.45, 2.75) is 45.4 Å². The molecule has 0 aromatic heterocycles. The lowest BCUT2D eigenvalue weighted by Gasteiger charge is -2.20. The van der Waals surface area contributed by atoms with Crippen LogP contribution in [-0.4, -0.2) is 18.9 Å². The monoisotopic (exact) mass is 325 g/mol. The van der Waals surface area contributed by atoms with E-state index in [0.29, 0.717) is 12.1 Å². The van der Waals surface area contributed by atoms with Crippen LogP contribution in [-0.2, 0) is 4.79 Å². The molecule has 1 atom stereocenters. The number of Topliss-reactive ketones (excluding diaryl/α,β-unsaturated/α-hetero) is 1. The highest BCUT2D eigenvalue weighted by atomic mass is 35.5. The van der Waals surface area contributed by atoms with Crippen LogP contribution in [0.4, 0.5) is 4.39 Å². The van der Waals surface area contributed by atoms with Gasteiger partial charge in [0, 0.05) is 12.5 Å². The average Bonchev–Trinajstić information content (AvgIpc) is 2.99. The van der Waals surface area contributed by atoms with Crippen LogP contribution in [0.1, 0.15) is 51.0 Å². The zero-order valence-corrected chi connectivity index (χ0v) is 14.1. The van der Waals surface area contributed by atoms with Gasteiger partial charge in [-0.3, -0.25) is 4.79 Å². The maximum absolute atomic E-state index is 13.7. The summed E-state index contributed by atoms with van der Waals surface area (Å²) in [6.07, 6.45) is 5.16. The Morgan fingerprint density at radius 2 is 2.05 bits per heavy atom. The fraction of sp³-hybridized carbons (Fsp3) is 0.611. The third kappa shape index (κ3) is 4.53. The molecule has 1 saturated carbocycles. The summed E-state index contributed by atoms with van der Waals surface area (Å²) in [6.45, 7) is 5.28. The molecule has 0 spiro atoms. The number of ketones is 1. The van der Waals surface area contributed by atoms with E-state index in [-0.39, 0.29) is 22.6 Å². The Balaban J connectivity index is 2.04. The SMILES string of the molecule is CC(C)C(=O)[C@H](CNCC1CCCC1)c1ccc(Cl)c(F)c1. The zero-order valence-electron chi connectivity index (χ0n) is 13.4. The molecule has 0 amide bonds. The number of rotatable bonds is 7. The molecule has 0 saturated heterocycles. The van der Waals surface area contributed by atoms with Crippen LogP contribution in [0.15, 0.2) is 18.2 Å². The third-order valence-electron chi connectivity index (χ3n) is 4.51. The van der Waals surface area contributed by atoms with Gasteiger partial charge < -0.3 is 5.32 Å². The first-order valence-electron chi connectivity index (χ1n) is 8.18. The number of halogens is 2. The topological polar surface area (TPSA) is 29.1 Å². The highest BCUT2D eigenvalue weighted by molar-refractivity contribution is 6.30. The molecule has 1 N–H and O–H groups in total. The van der Waals surface area contributed by atoms with Gasteiger partial charge in [0.25, 0.3) is 0 Å². The van der Waals surface area contributed by atoms with Crippen LogP contribution < -0.4 is 5.32 Å². The first-order chi connectivity index (χ1) is 10.5. The predicted molar refractivity (Wildman–Crippen MR) is 88.8 cm³/mol. The highest BCUT2D eigenvalue weighted by Gasteiger charge is 2.24. The fourth-order valence-electron chi connectivity index (χ4n) is 3.16. The second kappa shape index (κ2) is 8.07. The van der Waals surface area contributed by atoms with Gasteiger partial charge in [0.05, 0.1) is 10.9 Å². The zero-order chi connectivity index (χ0) is 16.1. The summed E-state index contributed by atoms with van der Waals surface area (Å²) < 4.78 is 13.7. The third-order valence-corrected chi connectivity index (χ3v) is 4.82. The van der Waals surface area contributed by atoms with E-state index in [9.17, 15) is 9.18 Å². The Morgan fingerprint density at radius 3 is 2.64 bits per heavy atom. The van der Waals surface area contributed by atoms with Crippen molar-refractivity contribution in [1.82, 2.24) is 5.32 Å². The van der Waals surface area contributed by atoms with Crippen molar-refractivity contribution in [3.8, 4) is 0 Å². The molecule has 0 heterocycles. The molecule has 0 radical (unpaired) electrons. The minimum atomic E-state index is -0.462. The van der Waals surface area contributed by atoms with Gasteiger partial charge in [-0.25, -0.2) is 4.39 Å². The number of hydrogen-bond acceptors (Lipinski definition) is 2. The molecule has 0 unspecified atom stereocenters. The van der Waals surface area contributed by atoms with Gasteiger partial charge >= 0.3 is 0 Å². The molecule has 0 aliphatic heterocycles. The predicted octanol–water partition coefficient (Wildman–Crippen LogP) is 4.57. The van der Waals surface area contributed by atoms with Crippen LogP contribution in [0, 0.1) is 17.7 Å². The smallest absolute Gasteiger partial charge is 0.144 e. The molecule has 2 nitrogen and oxygen atoms in total. The quantitative estimate of drug-likeness (QED) is 0.795. The maximum Gasteiger partial charge on any atom is 0.144 e. The molecule has 1 aliphatic rings. The van der Waals surface area contributed by atoms with Crippen molar-refractivity contribution >= 4 is 17.4 Å². The Bertz CT molecular complexity index is 512. The lowest BCUT2D eigenvalue weighted by Crippen LogP contribution is -2.32. The molecular formula is C18H25ClFNO. The largest absolute Gasteiger partial charge is 0.315 e.